The summed E-state index contributed by atoms with van der Waals surface area (Å²) >= 11 is 3.47. The number of pyridine rings is 1. The molecule has 0 atom stereocenters. The summed E-state index contributed by atoms with van der Waals surface area (Å²) in [5.74, 6) is 0.612. The Balaban J connectivity index is 2.38. The third-order valence-electron chi connectivity index (χ3n) is 3.76. The molecular weight excluding hydrogens is 340 g/mol. The van der Waals surface area contributed by atoms with E-state index >= 15 is 0 Å². The van der Waals surface area contributed by atoms with Crippen molar-refractivity contribution < 1.29 is 8.42 Å². The zero-order valence-corrected chi connectivity index (χ0v) is 14.2. The molecule has 1 aliphatic carbocycles. The average Bonchev–Trinajstić information content (AvgIpc) is 2.45. The quantitative estimate of drug-likeness (QED) is 0.757. The van der Waals surface area contributed by atoms with Crippen molar-refractivity contribution in [1.82, 2.24) is 4.98 Å². The van der Waals surface area contributed by atoms with Gasteiger partial charge in [-0.25, -0.2) is 13.4 Å². The molecule has 0 amide bonds. The van der Waals surface area contributed by atoms with Crippen molar-refractivity contribution in [3.8, 4) is 0 Å². The van der Waals surface area contributed by atoms with Crippen molar-refractivity contribution >= 4 is 31.6 Å². The predicted molar refractivity (Wildman–Crippen MR) is 85.4 cm³/mol. The summed E-state index contributed by atoms with van der Waals surface area (Å²) in [6, 6.07) is 3.74. The summed E-state index contributed by atoms with van der Waals surface area (Å²) in [4.78, 5) is 6.88. The van der Waals surface area contributed by atoms with E-state index in [1.165, 1.54) is 25.5 Å². The molecule has 0 radical (unpaired) electrons. The van der Waals surface area contributed by atoms with Crippen molar-refractivity contribution in [2.24, 2.45) is 0 Å². The molecule has 0 aromatic carbocycles. The van der Waals surface area contributed by atoms with Gasteiger partial charge >= 0.3 is 0 Å². The van der Waals surface area contributed by atoms with Crippen LogP contribution in [0.3, 0.4) is 0 Å². The van der Waals surface area contributed by atoms with Crippen LogP contribution in [0.2, 0.25) is 0 Å². The van der Waals surface area contributed by atoms with E-state index in [2.05, 4.69) is 25.8 Å². The Morgan fingerprint density at radius 2 is 2.05 bits per heavy atom. The molecule has 0 unspecified atom stereocenters. The van der Waals surface area contributed by atoms with Gasteiger partial charge in [-0.1, -0.05) is 35.2 Å². The van der Waals surface area contributed by atoms with Crippen molar-refractivity contribution in [2.75, 3.05) is 23.0 Å². The van der Waals surface area contributed by atoms with E-state index in [1.807, 2.05) is 0 Å². The zero-order valence-electron chi connectivity index (χ0n) is 11.8. The third-order valence-corrected chi connectivity index (χ3v) is 5.24. The van der Waals surface area contributed by atoms with Crippen molar-refractivity contribution in [1.29, 1.82) is 0 Å². The lowest BCUT2D eigenvalue weighted by Crippen LogP contribution is -2.39. The third kappa shape index (κ3) is 3.73. The Hall–Kier alpha value is -0.620. The first-order chi connectivity index (χ1) is 9.54. The van der Waals surface area contributed by atoms with Gasteiger partial charge in [0, 0.05) is 30.4 Å². The molecule has 1 aromatic heterocycles. The van der Waals surface area contributed by atoms with Gasteiger partial charge in [-0.2, -0.15) is 0 Å². The van der Waals surface area contributed by atoms with Crippen molar-refractivity contribution in [3.63, 3.8) is 0 Å². The van der Waals surface area contributed by atoms with Crippen LogP contribution >= 0.6 is 15.9 Å². The summed E-state index contributed by atoms with van der Waals surface area (Å²) in [5.41, 5.74) is 0. The summed E-state index contributed by atoms with van der Waals surface area (Å²) < 4.78 is 23.9. The van der Waals surface area contributed by atoms with E-state index in [-0.39, 0.29) is 0 Å². The standard InChI is InChI=1S/C14H21BrN2O2S/c1-20(18,19)13-8-5-10-16-14(13)17(11-9-15)12-6-3-2-4-7-12/h5,8,10,12H,2-4,6-7,9,11H2,1H3. The number of anilines is 1. The van der Waals surface area contributed by atoms with Crippen LogP contribution in [-0.2, 0) is 9.84 Å². The molecule has 1 saturated carbocycles. The minimum atomic E-state index is -3.25. The largest absolute Gasteiger partial charge is 0.352 e. The molecule has 1 fully saturated rings. The fourth-order valence-electron chi connectivity index (χ4n) is 2.83. The van der Waals surface area contributed by atoms with E-state index < -0.39 is 9.84 Å². The van der Waals surface area contributed by atoms with Gasteiger partial charge in [0.1, 0.15) is 10.7 Å². The molecule has 20 heavy (non-hydrogen) atoms. The van der Waals surface area contributed by atoms with Crippen LogP contribution in [0.5, 0.6) is 0 Å². The van der Waals surface area contributed by atoms with Gasteiger partial charge in [0.15, 0.2) is 9.84 Å². The number of sulfone groups is 1. The Morgan fingerprint density at radius 1 is 1.35 bits per heavy atom. The minimum absolute atomic E-state index is 0.339. The normalized spacial score (nSPS) is 17.1. The monoisotopic (exact) mass is 360 g/mol. The molecule has 0 N–H and O–H groups in total. The maximum Gasteiger partial charge on any atom is 0.179 e. The second-order valence-corrected chi connectivity index (χ2v) is 8.05. The first kappa shape index (κ1) is 15.8. The Morgan fingerprint density at radius 3 is 2.65 bits per heavy atom. The zero-order chi connectivity index (χ0) is 14.6. The Labute approximate surface area is 129 Å². The molecule has 112 valence electrons. The van der Waals surface area contributed by atoms with Gasteiger partial charge in [0.2, 0.25) is 0 Å². The van der Waals surface area contributed by atoms with Crippen LogP contribution in [-0.4, -0.2) is 37.6 Å². The highest BCUT2D eigenvalue weighted by atomic mass is 79.9. The second kappa shape index (κ2) is 6.89. The summed E-state index contributed by atoms with van der Waals surface area (Å²) in [6.45, 7) is 0.782. The number of alkyl halides is 1. The lowest BCUT2D eigenvalue weighted by Gasteiger charge is -2.35. The number of halogens is 1. The summed E-state index contributed by atoms with van der Waals surface area (Å²) in [5, 5.41) is 0.809. The molecule has 1 aliphatic rings. The van der Waals surface area contributed by atoms with Crippen LogP contribution in [0.25, 0.3) is 0 Å². The highest BCUT2D eigenvalue weighted by Crippen LogP contribution is 2.30. The maximum absolute atomic E-state index is 12.0. The summed E-state index contributed by atoms with van der Waals surface area (Å²) in [7, 11) is -3.25. The highest BCUT2D eigenvalue weighted by Gasteiger charge is 2.26. The van der Waals surface area contributed by atoms with Crippen LogP contribution in [0.4, 0.5) is 5.82 Å². The molecule has 4 nitrogen and oxygen atoms in total. The number of hydrogen-bond donors (Lipinski definition) is 0. The van der Waals surface area contributed by atoms with E-state index in [9.17, 15) is 8.42 Å². The van der Waals surface area contributed by atoms with Gasteiger partial charge in [0.25, 0.3) is 0 Å². The van der Waals surface area contributed by atoms with E-state index in [1.54, 1.807) is 18.3 Å². The van der Waals surface area contributed by atoms with E-state index in [4.69, 9.17) is 0 Å². The lowest BCUT2D eigenvalue weighted by molar-refractivity contribution is 0.415. The fourth-order valence-corrected chi connectivity index (χ4v) is 4.04. The van der Waals surface area contributed by atoms with Crippen molar-refractivity contribution in [3.05, 3.63) is 18.3 Å². The molecule has 0 aliphatic heterocycles. The van der Waals surface area contributed by atoms with Crippen LogP contribution in [0.1, 0.15) is 32.1 Å². The minimum Gasteiger partial charge on any atom is -0.352 e. The maximum atomic E-state index is 12.0. The number of rotatable bonds is 5. The van der Waals surface area contributed by atoms with Gasteiger partial charge in [-0.3, -0.25) is 0 Å². The molecule has 0 spiro atoms. The first-order valence-corrected chi connectivity index (χ1v) is 10.0. The molecule has 6 heteroatoms. The Bertz CT molecular complexity index is 542. The average molecular weight is 361 g/mol. The molecule has 0 saturated heterocycles. The Kier molecular flexibility index (Phi) is 5.43. The number of hydrogen-bond acceptors (Lipinski definition) is 4. The van der Waals surface area contributed by atoms with Gasteiger partial charge in [-0.05, 0) is 25.0 Å². The molecule has 0 bridgehead atoms. The van der Waals surface area contributed by atoms with Crippen LogP contribution in [0, 0.1) is 0 Å². The molecule has 2 rings (SSSR count). The van der Waals surface area contributed by atoms with Gasteiger partial charge < -0.3 is 4.90 Å². The first-order valence-electron chi connectivity index (χ1n) is 7.01. The smallest absolute Gasteiger partial charge is 0.179 e. The number of nitrogens with zero attached hydrogens (tertiary/aromatic N) is 2. The molecule has 1 heterocycles. The molecule has 1 aromatic rings. The van der Waals surface area contributed by atoms with E-state index in [0.717, 1.165) is 24.7 Å². The van der Waals surface area contributed by atoms with Gasteiger partial charge in [-0.15, -0.1) is 0 Å². The van der Waals surface area contributed by atoms with Crippen LogP contribution in [0.15, 0.2) is 23.2 Å². The SMILES string of the molecule is CS(=O)(=O)c1cccnc1N(CCBr)C1CCCCC1. The van der Waals surface area contributed by atoms with Crippen LogP contribution < -0.4 is 4.90 Å². The summed E-state index contributed by atoms with van der Waals surface area (Å²) in [6.07, 6.45) is 8.86. The predicted octanol–water partition coefficient (Wildman–Crippen LogP) is 3.02. The van der Waals surface area contributed by atoms with Gasteiger partial charge in [0.05, 0.1) is 0 Å². The fraction of sp³-hybridized carbons (Fsp3) is 0.643. The van der Waals surface area contributed by atoms with E-state index in [0.29, 0.717) is 16.8 Å². The lowest BCUT2D eigenvalue weighted by atomic mass is 9.94. The number of aromatic nitrogens is 1. The topological polar surface area (TPSA) is 50.3 Å². The second-order valence-electron chi connectivity index (χ2n) is 5.27. The van der Waals surface area contributed by atoms with Crippen molar-refractivity contribution in [2.45, 2.75) is 43.0 Å². The molecular formula is C14H21BrN2O2S. The highest BCUT2D eigenvalue weighted by molar-refractivity contribution is 9.09.